The van der Waals surface area contributed by atoms with E-state index in [1.54, 1.807) is 31.5 Å². The maximum absolute atomic E-state index is 12.3. The zero-order chi connectivity index (χ0) is 17.5. The molecule has 0 spiro atoms. The fourth-order valence-corrected chi connectivity index (χ4v) is 3.98. The van der Waals surface area contributed by atoms with E-state index in [0.29, 0.717) is 15.3 Å². The van der Waals surface area contributed by atoms with Gasteiger partial charge in [-0.05, 0) is 41.1 Å². The summed E-state index contributed by atoms with van der Waals surface area (Å²) in [6, 6.07) is 4.19. The van der Waals surface area contributed by atoms with E-state index in [9.17, 15) is 13.2 Å². The van der Waals surface area contributed by atoms with Gasteiger partial charge in [0.2, 0.25) is 0 Å². The Morgan fingerprint density at radius 2 is 2.17 bits per heavy atom. The fraction of sp³-hybridized carbons (Fsp3) is 0.214. The normalized spacial score (nSPS) is 13.1. The van der Waals surface area contributed by atoms with Crippen LogP contribution in [-0.4, -0.2) is 35.3 Å². The molecule has 0 bridgehead atoms. The smallest absolute Gasteiger partial charge is 0.250 e. The topological polar surface area (TPSA) is 94.0 Å². The van der Waals surface area contributed by atoms with E-state index in [4.69, 9.17) is 0 Å². The van der Waals surface area contributed by atoms with Crippen molar-refractivity contribution in [1.82, 2.24) is 14.8 Å². The van der Waals surface area contributed by atoms with Gasteiger partial charge in [-0.2, -0.15) is 5.10 Å². The third kappa shape index (κ3) is 3.50. The molecule has 3 aromatic rings. The van der Waals surface area contributed by atoms with Gasteiger partial charge < -0.3 is 5.32 Å². The Balaban J connectivity index is 1.83. The number of nitrogens with one attached hydrogen (secondary N) is 1. The van der Waals surface area contributed by atoms with Gasteiger partial charge >= 0.3 is 0 Å². The molecule has 7 nitrogen and oxygen atoms in total. The third-order valence-corrected chi connectivity index (χ3v) is 5.82. The van der Waals surface area contributed by atoms with Gasteiger partial charge in [-0.3, -0.25) is 9.48 Å². The first-order chi connectivity index (χ1) is 11.2. The van der Waals surface area contributed by atoms with E-state index in [1.807, 2.05) is 0 Å². The molecule has 0 radical (unpaired) electrons. The monoisotopic (exact) mass is 428 g/mol. The highest BCUT2D eigenvalue weighted by molar-refractivity contribution is 9.10. The van der Waals surface area contributed by atoms with Crippen LogP contribution in [0.25, 0.3) is 10.2 Å². The molecule has 1 N–H and O–H groups in total. The number of amides is 1. The van der Waals surface area contributed by atoms with Crippen LogP contribution in [0.2, 0.25) is 0 Å². The summed E-state index contributed by atoms with van der Waals surface area (Å²) < 4.78 is 26.2. The van der Waals surface area contributed by atoms with E-state index < -0.39 is 15.9 Å². The van der Waals surface area contributed by atoms with Crippen LogP contribution in [-0.2, 0) is 14.6 Å². The van der Waals surface area contributed by atoms with Crippen molar-refractivity contribution in [3.63, 3.8) is 0 Å². The lowest BCUT2D eigenvalue weighted by atomic mass is 10.3. The molecule has 0 saturated heterocycles. The van der Waals surface area contributed by atoms with Gasteiger partial charge in [0, 0.05) is 12.5 Å². The van der Waals surface area contributed by atoms with Crippen LogP contribution in [0.4, 0.5) is 5.13 Å². The zero-order valence-electron chi connectivity index (χ0n) is 12.7. The number of halogens is 1. The second kappa shape index (κ2) is 6.26. The summed E-state index contributed by atoms with van der Waals surface area (Å²) in [5, 5.41) is 7.24. The van der Waals surface area contributed by atoms with Crippen LogP contribution in [0.15, 0.2) is 40.0 Å². The Hall–Kier alpha value is -1.78. The van der Waals surface area contributed by atoms with Crippen LogP contribution < -0.4 is 5.32 Å². The van der Waals surface area contributed by atoms with Crippen molar-refractivity contribution in [2.75, 3.05) is 11.6 Å². The number of carbonyl (C=O) groups excluding carboxylic acids is 1. The average molecular weight is 429 g/mol. The van der Waals surface area contributed by atoms with Crippen LogP contribution in [0.1, 0.15) is 13.0 Å². The van der Waals surface area contributed by atoms with Crippen molar-refractivity contribution < 1.29 is 13.2 Å². The summed E-state index contributed by atoms with van der Waals surface area (Å²) in [4.78, 5) is 16.8. The maximum Gasteiger partial charge on any atom is 0.250 e. The lowest BCUT2D eigenvalue weighted by Crippen LogP contribution is -2.23. The predicted molar refractivity (Wildman–Crippen MR) is 96.0 cm³/mol. The molecule has 2 heterocycles. The van der Waals surface area contributed by atoms with Gasteiger partial charge in [0.1, 0.15) is 6.04 Å². The fourth-order valence-electron chi connectivity index (χ4n) is 2.05. The number of sulfone groups is 1. The molecule has 24 heavy (non-hydrogen) atoms. The Bertz CT molecular complexity index is 1030. The summed E-state index contributed by atoms with van der Waals surface area (Å²) >= 11 is 4.52. The zero-order valence-corrected chi connectivity index (χ0v) is 15.9. The molecule has 0 fully saturated rings. The average Bonchev–Trinajstić information content (AvgIpc) is 3.10. The van der Waals surface area contributed by atoms with Gasteiger partial charge in [0.25, 0.3) is 5.91 Å². The molecule has 10 heteroatoms. The van der Waals surface area contributed by atoms with Gasteiger partial charge in [-0.15, -0.1) is 0 Å². The van der Waals surface area contributed by atoms with Crippen LogP contribution in [0.3, 0.4) is 0 Å². The number of benzene rings is 1. The van der Waals surface area contributed by atoms with Gasteiger partial charge in [-0.1, -0.05) is 11.3 Å². The van der Waals surface area contributed by atoms with Crippen molar-refractivity contribution in [2.24, 2.45) is 0 Å². The highest BCUT2D eigenvalue weighted by Crippen LogP contribution is 2.28. The Morgan fingerprint density at radius 1 is 1.42 bits per heavy atom. The maximum atomic E-state index is 12.3. The number of nitrogens with zero attached hydrogens (tertiary/aromatic N) is 3. The molecule has 1 amide bonds. The number of fused-ring (bicyclic) bond motifs is 1. The number of carbonyl (C=O) groups is 1. The minimum atomic E-state index is -3.28. The second-order valence-electron chi connectivity index (χ2n) is 5.22. The highest BCUT2D eigenvalue weighted by atomic mass is 79.9. The van der Waals surface area contributed by atoms with E-state index in [0.717, 1.165) is 10.7 Å². The molecular weight excluding hydrogens is 416 g/mol. The Labute approximate surface area is 150 Å². The molecule has 3 rings (SSSR count). The largest absolute Gasteiger partial charge is 0.300 e. The first-order valence-corrected chi connectivity index (χ1v) is 10.4. The van der Waals surface area contributed by atoms with Gasteiger partial charge in [-0.25, -0.2) is 13.4 Å². The number of hydrogen-bond donors (Lipinski definition) is 1. The molecule has 0 aliphatic rings. The van der Waals surface area contributed by atoms with E-state index >= 15 is 0 Å². The molecule has 1 atom stereocenters. The molecule has 1 aromatic carbocycles. The Morgan fingerprint density at radius 3 is 2.79 bits per heavy atom. The SMILES string of the molecule is CC(C(=O)Nc1nc2ccc(S(C)(=O)=O)cc2s1)n1cc(Br)cn1. The molecule has 0 aliphatic heterocycles. The Kier molecular flexibility index (Phi) is 4.45. The van der Waals surface area contributed by atoms with Gasteiger partial charge in [0.15, 0.2) is 15.0 Å². The standard InChI is InChI=1S/C14H13BrN4O3S2/c1-8(19-7-9(15)6-16-19)13(20)18-14-17-11-4-3-10(24(2,21)22)5-12(11)23-14/h3-8H,1-2H3,(H,17,18,20). The number of thiazole rings is 1. The van der Waals surface area contributed by atoms with Crippen molar-refractivity contribution in [3.8, 4) is 0 Å². The molecule has 2 aromatic heterocycles. The molecule has 1 unspecified atom stereocenters. The summed E-state index contributed by atoms with van der Waals surface area (Å²) in [5.41, 5.74) is 0.636. The van der Waals surface area contributed by atoms with Crippen LogP contribution in [0, 0.1) is 0 Å². The second-order valence-corrected chi connectivity index (χ2v) is 9.19. The van der Waals surface area contributed by atoms with Crippen LogP contribution in [0.5, 0.6) is 0 Å². The minimum absolute atomic E-state index is 0.228. The predicted octanol–water partition coefficient (Wildman–Crippen LogP) is 2.86. The lowest BCUT2D eigenvalue weighted by Gasteiger charge is -2.10. The third-order valence-electron chi connectivity index (χ3n) is 3.36. The molecule has 0 saturated carbocycles. The van der Waals surface area contributed by atoms with E-state index in [1.165, 1.54) is 22.1 Å². The van der Waals surface area contributed by atoms with Crippen molar-refractivity contribution >= 4 is 58.4 Å². The quantitative estimate of drug-likeness (QED) is 0.689. The lowest BCUT2D eigenvalue weighted by molar-refractivity contribution is -0.119. The first kappa shape index (κ1) is 17.1. The number of rotatable bonds is 4. The number of anilines is 1. The summed E-state index contributed by atoms with van der Waals surface area (Å²) in [5.74, 6) is -0.256. The van der Waals surface area contributed by atoms with Crippen LogP contribution >= 0.6 is 27.3 Å². The van der Waals surface area contributed by atoms with Crippen molar-refractivity contribution in [2.45, 2.75) is 17.9 Å². The van der Waals surface area contributed by atoms with Crippen molar-refractivity contribution in [1.29, 1.82) is 0 Å². The summed E-state index contributed by atoms with van der Waals surface area (Å²) in [6.07, 6.45) is 4.47. The number of aromatic nitrogens is 3. The molecular formula is C14H13BrN4O3S2. The van der Waals surface area contributed by atoms with E-state index in [2.05, 4.69) is 31.3 Å². The first-order valence-electron chi connectivity index (χ1n) is 6.85. The summed E-state index contributed by atoms with van der Waals surface area (Å²) in [6.45, 7) is 1.73. The summed E-state index contributed by atoms with van der Waals surface area (Å²) in [7, 11) is -3.28. The van der Waals surface area contributed by atoms with Gasteiger partial charge in [0.05, 0.1) is 25.8 Å². The number of hydrogen-bond acceptors (Lipinski definition) is 6. The van der Waals surface area contributed by atoms with E-state index in [-0.39, 0.29) is 10.8 Å². The minimum Gasteiger partial charge on any atom is -0.300 e. The molecule has 0 aliphatic carbocycles. The highest BCUT2D eigenvalue weighted by Gasteiger charge is 2.18. The van der Waals surface area contributed by atoms with Crippen molar-refractivity contribution in [3.05, 3.63) is 35.1 Å². The molecule has 126 valence electrons.